The third kappa shape index (κ3) is 2.96. The number of aromatic nitrogens is 2. The van der Waals surface area contributed by atoms with Gasteiger partial charge in [-0.15, -0.1) is 11.6 Å². The first kappa shape index (κ1) is 15.6. The molecule has 1 heterocycles. The Kier molecular flexibility index (Phi) is 4.50. The molecule has 0 aliphatic heterocycles. The van der Waals surface area contributed by atoms with E-state index in [1.807, 2.05) is 41.8 Å². The molecule has 0 saturated heterocycles. The van der Waals surface area contributed by atoms with Gasteiger partial charge in [0, 0.05) is 8.04 Å². The fourth-order valence-corrected chi connectivity index (χ4v) is 3.63. The van der Waals surface area contributed by atoms with E-state index >= 15 is 0 Å². The van der Waals surface area contributed by atoms with Crippen molar-refractivity contribution in [2.24, 2.45) is 0 Å². The molecular formula is C15H10BrCl2IN2. The van der Waals surface area contributed by atoms with Crippen LogP contribution in [0.15, 0.2) is 40.9 Å². The zero-order chi connectivity index (χ0) is 15.1. The average molecular weight is 496 g/mol. The molecule has 21 heavy (non-hydrogen) atoms. The molecule has 1 aromatic heterocycles. The predicted octanol–water partition coefficient (Wildman–Crippen LogP) is 6.35. The molecule has 3 rings (SSSR count). The first-order valence-electron chi connectivity index (χ1n) is 6.25. The fraction of sp³-hybridized carbons (Fsp3) is 0.133. The lowest BCUT2D eigenvalue weighted by Crippen LogP contribution is -2.02. The van der Waals surface area contributed by atoms with Crippen LogP contribution in [0.25, 0.3) is 16.7 Å². The Bertz CT molecular complexity index is 830. The second-order valence-electron chi connectivity index (χ2n) is 4.65. The molecule has 0 radical (unpaired) electrons. The van der Waals surface area contributed by atoms with Crippen LogP contribution in [0, 0.1) is 3.57 Å². The minimum atomic E-state index is -0.213. The summed E-state index contributed by atoms with van der Waals surface area (Å²) in [6.45, 7) is 1.91. The van der Waals surface area contributed by atoms with Gasteiger partial charge in [-0.05, 0) is 65.9 Å². The maximum Gasteiger partial charge on any atom is 0.132 e. The Morgan fingerprint density at radius 3 is 2.67 bits per heavy atom. The van der Waals surface area contributed by atoms with E-state index in [9.17, 15) is 0 Å². The normalized spacial score (nSPS) is 12.8. The van der Waals surface area contributed by atoms with E-state index in [1.54, 1.807) is 0 Å². The smallest absolute Gasteiger partial charge is 0.132 e. The maximum atomic E-state index is 6.41. The van der Waals surface area contributed by atoms with E-state index in [-0.39, 0.29) is 5.38 Å². The van der Waals surface area contributed by atoms with Gasteiger partial charge in [0.1, 0.15) is 5.82 Å². The van der Waals surface area contributed by atoms with Gasteiger partial charge < -0.3 is 0 Å². The average Bonchev–Trinajstić information content (AvgIpc) is 2.77. The highest BCUT2D eigenvalue weighted by atomic mass is 127. The summed E-state index contributed by atoms with van der Waals surface area (Å²) in [5, 5.41) is 0.440. The molecule has 2 nitrogen and oxygen atoms in total. The Labute approximate surface area is 154 Å². The fourth-order valence-electron chi connectivity index (χ4n) is 2.25. The topological polar surface area (TPSA) is 17.8 Å². The van der Waals surface area contributed by atoms with Crippen LogP contribution >= 0.6 is 61.7 Å². The van der Waals surface area contributed by atoms with Crippen molar-refractivity contribution in [1.82, 2.24) is 9.55 Å². The van der Waals surface area contributed by atoms with Gasteiger partial charge >= 0.3 is 0 Å². The molecular weight excluding hydrogens is 486 g/mol. The number of hydrogen-bond acceptors (Lipinski definition) is 1. The van der Waals surface area contributed by atoms with Crippen LogP contribution in [0.2, 0.25) is 5.02 Å². The van der Waals surface area contributed by atoms with Crippen LogP contribution < -0.4 is 0 Å². The van der Waals surface area contributed by atoms with Crippen molar-refractivity contribution < 1.29 is 0 Å². The Morgan fingerprint density at radius 1 is 1.24 bits per heavy atom. The van der Waals surface area contributed by atoms with Gasteiger partial charge in [0.05, 0.1) is 27.1 Å². The quantitative estimate of drug-likeness (QED) is 0.299. The summed E-state index contributed by atoms with van der Waals surface area (Å²) in [5.41, 5.74) is 2.80. The highest BCUT2D eigenvalue weighted by Crippen LogP contribution is 2.33. The van der Waals surface area contributed by atoms with Crippen molar-refractivity contribution >= 4 is 72.8 Å². The zero-order valence-electron chi connectivity index (χ0n) is 10.9. The van der Waals surface area contributed by atoms with Gasteiger partial charge in [-0.2, -0.15) is 0 Å². The standard InChI is InChI=1S/C15H10BrCl2IN2/c1-8(17)15-20-12-7-10(19)3-5-14(12)21(15)13-4-2-9(16)6-11(13)18/h2-8H,1H3. The molecule has 0 aliphatic carbocycles. The molecule has 6 heteroatoms. The lowest BCUT2D eigenvalue weighted by molar-refractivity contribution is 0.882. The number of imidazole rings is 1. The highest BCUT2D eigenvalue weighted by molar-refractivity contribution is 14.1. The summed E-state index contributed by atoms with van der Waals surface area (Å²) in [4.78, 5) is 4.67. The molecule has 1 atom stereocenters. The number of halogens is 4. The number of fused-ring (bicyclic) bond motifs is 1. The van der Waals surface area contributed by atoms with E-state index in [2.05, 4.69) is 49.6 Å². The molecule has 1 unspecified atom stereocenters. The summed E-state index contributed by atoms with van der Waals surface area (Å²) in [7, 11) is 0. The van der Waals surface area contributed by atoms with Gasteiger partial charge in [-0.25, -0.2) is 4.98 Å². The van der Waals surface area contributed by atoms with Crippen molar-refractivity contribution in [2.75, 3.05) is 0 Å². The summed E-state index contributed by atoms with van der Waals surface area (Å²) < 4.78 is 4.11. The number of hydrogen-bond donors (Lipinski definition) is 0. The van der Waals surface area contributed by atoms with Gasteiger partial charge in [-0.1, -0.05) is 27.5 Å². The van der Waals surface area contributed by atoms with Crippen LogP contribution in [0.3, 0.4) is 0 Å². The summed E-state index contributed by atoms with van der Waals surface area (Å²) in [5.74, 6) is 0.790. The molecule has 108 valence electrons. The molecule has 0 amide bonds. The molecule has 0 N–H and O–H groups in total. The van der Waals surface area contributed by atoms with Crippen molar-refractivity contribution in [3.8, 4) is 5.69 Å². The summed E-state index contributed by atoms with van der Waals surface area (Å²) in [6, 6.07) is 11.9. The van der Waals surface area contributed by atoms with Gasteiger partial charge in [-0.3, -0.25) is 4.57 Å². The maximum absolute atomic E-state index is 6.41. The number of benzene rings is 2. The van der Waals surface area contributed by atoms with Crippen molar-refractivity contribution in [3.05, 3.63) is 55.3 Å². The second kappa shape index (κ2) is 6.07. The molecule has 0 fully saturated rings. The van der Waals surface area contributed by atoms with E-state index in [0.29, 0.717) is 5.02 Å². The van der Waals surface area contributed by atoms with Crippen LogP contribution in [-0.4, -0.2) is 9.55 Å². The summed E-state index contributed by atoms with van der Waals surface area (Å²) in [6.07, 6.45) is 0. The Balaban J connectivity index is 2.36. The molecule has 0 aliphatic rings. The van der Waals surface area contributed by atoms with Gasteiger partial charge in [0.15, 0.2) is 0 Å². The monoisotopic (exact) mass is 494 g/mol. The zero-order valence-corrected chi connectivity index (χ0v) is 16.2. The van der Waals surface area contributed by atoms with E-state index < -0.39 is 0 Å². The van der Waals surface area contributed by atoms with E-state index in [1.165, 1.54) is 0 Å². The lowest BCUT2D eigenvalue weighted by atomic mass is 10.2. The SMILES string of the molecule is CC(Cl)c1nc2cc(I)ccc2n1-c1ccc(Br)cc1Cl. The number of alkyl halides is 1. The molecule has 3 aromatic rings. The van der Waals surface area contributed by atoms with Crippen LogP contribution in [0.4, 0.5) is 0 Å². The second-order valence-corrected chi connectivity index (χ2v) is 7.87. The Hall–Kier alpha value is -0.300. The highest BCUT2D eigenvalue weighted by Gasteiger charge is 2.18. The largest absolute Gasteiger partial charge is 0.294 e. The van der Waals surface area contributed by atoms with Gasteiger partial charge in [0.2, 0.25) is 0 Å². The first-order chi connectivity index (χ1) is 9.97. The third-order valence-corrected chi connectivity index (χ3v) is 4.81. The van der Waals surface area contributed by atoms with Crippen molar-refractivity contribution in [3.63, 3.8) is 0 Å². The molecule has 0 bridgehead atoms. The van der Waals surface area contributed by atoms with Crippen molar-refractivity contribution in [2.45, 2.75) is 12.3 Å². The summed E-state index contributed by atoms with van der Waals surface area (Å²) >= 11 is 18.4. The Morgan fingerprint density at radius 2 is 2.00 bits per heavy atom. The van der Waals surface area contributed by atoms with Crippen LogP contribution in [0.5, 0.6) is 0 Å². The van der Waals surface area contributed by atoms with E-state index in [0.717, 1.165) is 30.6 Å². The number of rotatable bonds is 2. The van der Waals surface area contributed by atoms with Crippen molar-refractivity contribution in [1.29, 1.82) is 0 Å². The van der Waals surface area contributed by atoms with Crippen LogP contribution in [-0.2, 0) is 0 Å². The lowest BCUT2D eigenvalue weighted by Gasteiger charge is -2.12. The molecule has 0 spiro atoms. The molecule has 2 aromatic carbocycles. The first-order valence-corrected chi connectivity index (χ1v) is 8.93. The third-order valence-electron chi connectivity index (χ3n) is 3.15. The van der Waals surface area contributed by atoms with E-state index in [4.69, 9.17) is 23.2 Å². The van der Waals surface area contributed by atoms with Crippen LogP contribution in [0.1, 0.15) is 18.1 Å². The predicted molar refractivity (Wildman–Crippen MR) is 101 cm³/mol. The minimum absolute atomic E-state index is 0.213. The molecule has 0 saturated carbocycles. The van der Waals surface area contributed by atoms with Gasteiger partial charge in [0.25, 0.3) is 0 Å². The number of nitrogens with zero attached hydrogens (tertiary/aromatic N) is 2. The minimum Gasteiger partial charge on any atom is -0.294 e.